The van der Waals surface area contributed by atoms with Crippen LogP contribution in [-0.4, -0.2) is 135 Å². The zero-order chi connectivity index (χ0) is 58.5. The highest BCUT2D eigenvalue weighted by Crippen LogP contribution is 2.31. The number of amides is 5. The number of nitro groups is 1. The number of nitro benzene ring substituents is 1. The van der Waals surface area contributed by atoms with Crippen molar-refractivity contribution in [3.05, 3.63) is 86.6 Å². The number of carbonyl (C=O) groups excluding carboxylic acids is 6. The van der Waals surface area contributed by atoms with Crippen molar-refractivity contribution in [1.29, 1.82) is 0 Å². The Morgan fingerprint density at radius 2 is 1.55 bits per heavy atom. The molecule has 6 unspecified atom stereocenters. The summed E-state index contributed by atoms with van der Waals surface area (Å²) in [5, 5.41) is 56.3. The van der Waals surface area contributed by atoms with Crippen LogP contribution >= 0.6 is 0 Å². The number of ether oxygens (including phenoxy) is 4. The number of nitrogens with two attached hydrogens (primary N) is 1. The number of carboxylic acid groups (broad SMARTS) is 1. The van der Waals surface area contributed by atoms with Crippen molar-refractivity contribution in [1.82, 2.24) is 26.3 Å². The number of hydrogen-bond donors (Lipinski definition) is 10. The Labute approximate surface area is 461 Å². The minimum atomic E-state index is -1.59. The molecule has 5 rings (SSSR count). The second kappa shape index (κ2) is 31.2. The van der Waals surface area contributed by atoms with Crippen LogP contribution in [0.3, 0.4) is 0 Å². The molecule has 1 saturated heterocycles. The Kier molecular flexibility index (Phi) is 24.6. The molecule has 0 spiro atoms. The lowest BCUT2D eigenvalue weighted by Crippen LogP contribution is -2.66. The molecule has 1 aromatic heterocycles. The van der Waals surface area contributed by atoms with Crippen molar-refractivity contribution < 1.29 is 72.8 Å². The molecule has 1 aliphatic rings. The number of nitrogens with one attached hydrogen (secondary N) is 6. The molecule has 0 saturated carbocycles. The van der Waals surface area contributed by atoms with Gasteiger partial charge in [0.05, 0.1) is 22.4 Å². The van der Waals surface area contributed by atoms with Gasteiger partial charge in [0.15, 0.2) is 11.7 Å². The van der Waals surface area contributed by atoms with E-state index in [0.29, 0.717) is 24.2 Å². The summed E-state index contributed by atoms with van der Waals surface area (Å²) in [6.07, 6.45) is -0.791. The molecule has 25 heteroatoms. The fraction of sp³-hybridized carbons (Fsp3) is 0.527. The van der Waals surface area contributed by atoms with E-state index in [0.717, 1.165) is 50.5 Å². The van der Waals surface area contributed by atoms with Gasteiger partial charge in [0.1, 0.15) is 60.4 Å². The van der Waals surface area contributed by atoms with Crippen LogP contribution in [-0.2, 0) is 59.1 Å². The molecule has 5 amide bonds. The fourth-order valence-electron chi connectivity index (χ4n) is 9.10. The summed E-state index contributed by atoms with van der Waals surface area (Å²) in [5.41, 5.74) is 6.04. The first-order valence-corrected chi connectivity index (χ1v) is 26.8. The van der Waals surface area contributed by atoms with Crippen molar-refractivity contribution in [3.8, 4) is 5.75 Å². The van der Waals surface area contributed by atoms with Crippen molar-refractivity contribution in [2.45, 2.75) is 160 Å². The van der Waals surface area contributed by atoms with Crippen molar-refractivity contribution >= 4 is 74.7 Å². The summed E-state index contributed by atoms with van der Waals surface area (Å²) in [5.74, 6) is -5.73. The number of aromatic amines is 1. The lowest BCUT2D eigenvalue weighted by molar-refractivity contribution is -0.383. The maximum Gasteiger partial charge on any atom is 0.305 e. The standard InChI is InChI=1S/C55H74N8O17/c1-31(2)46(54(74)61-39(52(56)72)22-24-43(67)68)62-53(73)32(3)79-51-48(59-33(4)64)55(78-29-34-16-12-11-13-17-34)80-41(50(51)71)30-77-44(69)18-14-9-7-5-6-8-10-15-26-58-42(66)25-27-57-38-21-23-40(63(75)76)47-45(38)49(70)36-28-35(65)19-20-37(36)60-47/h11-13,16-17,19-21,23,28,31-32,39,41,46,48,50-51,55,57,65,71H,5-10,14-15,18,22,24-27,29-30H2,1-4H3,(H2,56,72)(H,58,66)(H,59,64)(H,60,70)(H,61,74)(H,62,73)(H,67,68)/t32?,39-,41?,46+,48?,50?,51?,55?/m1/s1. The molecule has 436 valence electrons. The Hall–Kier alpha value is -7.74. The highest BCUT2D eigenvalue weighted by atomic mass is 16.7. The average Bonchev–Trinajstić information content (AvgIpc) is 3.41. The normalized spacial score (nSPS) is 18.1. The van der Waals surface area contributed by atoms with E-state index in [2.05, 4.69) is 31.6 Å². The zero-order valence-electron chi connectivity index (χ0n) is 45.4. The number of unbranched alkanes of at least 4 members (excludes halogenated alkanes) is 7. The summed E-state index contributed by atoms with van der Waals surface area (Å²) in [6.45, 7) is 6.06. The number of rotatable bonds is 33. The second-order valence-electron chi connectivity index (χ2n) is 20.0. The summed E-state index contributed by atoms with van der Waals surface area (Å²) in [7, 11) is 0. The molecule has 0 radical (unpaired) electrons. The number of aliphatic hydroxyl groups is 1. The number of esters is 1. The van der Waals surface area contributed by atoms with Crippen LogP contribution < -0.4 is 37.7 Å². The molecule has 1 fully saturated rings. The van der Waals surface area contributed by atoms with Crippen molar-refractivity contribution in [3.63, 3.8) is 0 Å². The number of carbonyl (C=O) groups is 7. The first-order valence-electron chi connectivity index (χ1n) is 26.8. The summed E-state index contributed by atoms with van der Waals surface area (Å²) in [6, 6.07) is 12.1. The first-order chi connectivity index (χ1) is 38.1. The van der Waals surface area contributed by atoms with Gasteiger partial charge in [-0.2, -0.15) is 0 Å². The van der Waals surface area contributed by atoms with E-state index in [1.807, 2.05) is 6.07 Å². The van der Waals surface area contributed by atoms with Gasteiger partial charge in [-0.25, -0.2) is 0 Å². The molecular weight excluding hydrogens is 1040 g/mol. The Morgan fingerprint density at radius 3 is 2.20 bits per heavy atom. The molecule has 1 aliphatic heterocycles. The van der Waals surface area contributed by atoms with Crippen LogP contribution in [0.15, 0.2) is 65.5 Å². The lowest BCUT2D eigenvalue weighted by Gasteiger charge is -2.45. The van der Waals surface area contributed by atoms with Crippen LogP contribution in [0.25, 0.3) is 21.8 Å². The molecule has 80 heavy (non-hydrogen) atoms. The number of benzene rings is 3. The summed E-state index contributed by atoms with van der Waals surface area (Å²) in [4.78, 5) is 116. The smallest absolute Gasteiger partial charge is 0.305 e. The number of aliphatic carboxylic acids is 1. The average molecular weight is 1120 g/mol. The van der Waals surface area contributed by atoms with Crippen LogP contribution in [0, 0.1) is 16.0 Å². The molecule has 8 atom stereocenters. The maximum atomic E-state index is 13.7. The van der Waals surface area contributed by atoms with E-state index < -0.39 is 114 Å². The predicted molar refractivity (Wildman–Crippen MR) is 292 cm³/mol. The van der Waals surface area contributed by atoms with Crippen LogP contribution in [0.5, 0.6) is 5.75 Å². The number of aliphatic hydroxyl groups excluding tert-OH is 1. The molecule has 3 aromatic carbocycles. The number of anilines is 1. The van der Waals surface area contributed by atoms with Gasteiger partial charge in [0.2, 0.25) is 29.5 Å². The number of phenolic OH excluding ortho intramolecular Hbond substituents is 1. The van der Waals surface area contributed by atoms with Crippen LogP contribution in [0.4, 0.5) is 11.4 Å². The van der Waals surface area contributed by atoms with E-state index in [1.165, 1.54) is 44.2 Å². The quantitative estimate of drug-likeness (QED) is 0.0107. The minimum Gasteiger partial charge on any atom is -0.508 e. The highest BCUT2D eigenvalue weighted by molar-refractivity contribution is 6.03. The van der Waals surface area contributed by atoms with E-state index in [-0.39, 0.29) is 66.0 Å². The second-order valence-corrected chi connectivity index (χ2v) is 20.0. The number of aromatic nitrogens is 1. The number of aromatic hydroxyl groups is 1. The number of phenols is 1. The molecular formula is C55H74N8O17. The van der Waals surface area contributed by atoms with Gasteiger partial charge in [-0.05, 0) is 61.9 Å². The summed E-state index contributed by atoms with van der Waals surface area (Å²) < 4.78 is 24.0. The number of nitrogens with zero attached hydrogens (tertiary/aromatic N) is 1. The van der Waals surface area contributed by atoms with Gasteiger partial charge in [-0.15, -0.1) is 0 Å². The van der Waals surface area contributed by atoms with Crippen molar-refractivity contribution in [2.24, 2.45) is 11.7 Å². The monoisotopic (exact) mass is 1120 g/mol. The van der Waals surface area contributed by atoms with Gasteiger partial charge in [0, 0.05) is 56.4 Å². The number of fused-ring (bicyclic) bond motifs is 2. The van der Waals surface area contributed by atoms with Gasteiger partial charge < -0.3 is 71.6 Å². The van der Waals surface area contributed by atoms with Crippen LogP contribution in [0.2, 0.25) is 0 Å². The van der Waals surface area contributed by atoms with Gasteiger partial charge in [-0.3, -0.25) is 48.5 Å². The van der Waals surface area contributed by atoms with E-state index >= 15 is 0 Å². The number of H-pyrrole nitrogens is 1. The molecule has 2 heterocycles. The minimum absolute atomic E-state index is 0.00205. The van der Waals surface area contributed by atoms with E-state index in [4.69, 9.17) is 29.8 Å². The largest absolute Gasteiger partial charge is 0.508 e. The van der Waals surface area contributed by atoms with Gasteiger partial charge in [-0.1, -0.05) is 82.7 Å². The zero-order valence-corrected chi connectivity index (χ0v) is 45.4. The SMILES string of the molecule is CC(=O)NC1C(OCc2ccccc2)OC(COC(=O)CCCCCCCCCCNC(=O)CCNc2ccc([N+](=O)[O-])c3[nH]c4ccc(O)cc4c(=O)c23)C(O)C1OC(C)C(=O)N[C@H](C(=O)N[C@H](CCC(=O)O)C(N)=O)C(C)C. The topological polar surface area (TPSA) is 379 Å². The number of pyridine rings is 1. The predicted octanol–water partition coefficient (Wildman–Crippen LogP) is 3.82. The third kappa shape index (κ3) is 19.0. The third-order valence-electron chi connectivity index (χ3n) is 13.4. The Bertz CT molecular complexity index is 2850. The molecule has 4 aromatic rings. The molecule has 25 nitrogen and oxygen atoms in total. The van der Waals surface area contributed by atoms with E-state index in [1.54, 1.807) is 38.1 Å². The highest BCUT2D eigenvalue weighted by Gasteiger charge is 2.49. The Balaban J connectivity index is 1.04. The first kappa shape index (κ1) is 63.1. The summed E-state index contributed by atoms with van der Waals surface area (Å²) >= 11 is 0. The van der Waals surface area contributed by atoms with E-state index in [9.17, 15) is 58.7 Å². The molecule has 11 N–H and O–H groups in total. The molecule has 0 aliphatic carbocycles. The van der Waals surface area contributed by atoms with Gasteiger partial charge >= 0.3 is 11.9 Å². The lowest BCUT2D eigenvalue weighted by atomic mass is 9.96. The number of primary amides is 1. The number of non-ortho nitro benzene ring substituents is 1. The third-order valence-corrected chi connectivity index (χ3v) is 13.4. The fourth-order valence-corrected chi connectivity index (χ4v) is 9.10. The number of hydrogen-bond acceptors (Lipinski definition) is 17. The maximum absolute atomic E-state index is 13.7. The van der Waals surface area contributed by atoms with Crippen LogP contribution in [0.1, 0.15) is 110 Å². The van der Waals surface area contributed by atoms with Crippen molar-refractivity contribution in [2.75, 3.05) is 25.0 Å². The Morgan fingerprint density at radius 1 is 0.863 bits per heavy atom. The van der Waals surface area contributed by atoms with Gasteiger partial charge in [0.25, 0.3) is 5.69 Å². The number of carboxylic acids is 1. The molecule has 0 bridgehead atoms.